The van der Waals surface area contributed by atoms with Gasteiger partial charge < -0.3 is 9.47 Å². The molecule has 0 aliphatic carbocycles. The van der Waals surface area contributed by atoms with Crippen LogP contribution in [0.2, 0.25) is 0 Å². The molecule has 0 unspecified atom stereocenters. The second kappa shape index (κ2) is 5.30. The maximum absolute atomic E-state index is 13.2. The monoisotopic (exact) mass is 237 g/mol. The van der Waals surface area contributed by atoms with E-state index in [1.165, 1.54) is 25.3 Å². The van der Waals surface area contributed by atoms with E-state index in [9.17, 15) is 9.18 Å². The molecular formula is C12H12FNO3. The quantitative estimate of drug-likeness (QED) is 0.752. The minimum absolute atomic E-state index is 0.277. The molecule has 0 radical (unpaired) electrons. The van der Waals surface area contributed by atoms with Crippen LogP contribution in [-0.4, -0.2) is 25.4 Å². The van der Waals surface area contributed by atoms with Gasteiger partial charge >= 0.3 is 5.97 Å². The molecule has 0 fully saturated rings. The molecule has 1 aromatic carbocycles. The number of carbonyl (C=O) groups excluding carboxylic acids is 1. The van der Waals surface area contributed by atoms with Crippen LogP contribution in [0.1, 0.15) is 17.3 Å². The fourth-order valence-electron chi connectivity index (χ4n) is 1.04. The summed E-state index contributed by atoms with van der Waals surface area (Å²) in [5.74, 6) is -0.0688. The van der Waals surface area contributed by atoms with E-state index in [1.807, 2.05) is 0 Å². The lowest BCUT2D eigenvalue weighted by Crippen LogP contribution is -2.25. The maximum Gasteiger partial charge on any atom is 0.338 e. The van der Waals surface area contributed by atoms with Crippen molar-refractivity contribution in [2.45, 2.75) is 12.6 Å². The van der Waals surface area contributed by atoms with E-state index in [2.05, 4.69) is 4.74 Å². The second-order valence-corrected chi connectivity index (χ2v) is 3.61. The summed E-state index contributed by atoms with van der Waals surface area (Å²) in [6.45, 7) is 0.461. The van der Waals surface area contributed by atoms with Gasteiger partial charge in [-0.2, -0.15) is 5.26 Å². The molecule has 0 aromatic heterocycles. The number of esters is 1. The summed E-state index contributed by atoms with van der Waals surface area (Å²) in [7, 11) is 1.51. The minimum Gasteiger partial charge on any atom is -0.497 e. The van der Waals surface area contributed by atoms with Gasteiger partial charge in [-0.15, -0.1) is 0 Å². The topological polar surface area (TPSA) is 59.3 Å². The number of hydrogen-bond acceptors (Lipinski definition) is 4. The highest BCUT2D eigenvalue weighted by Gasteiger charge is 2.24. The van der Waals surface area contributed by atoms with Gasteiger partial charge in [-0.05, 0) is 31.2 Å². The smallest absolute Gasteiger partial charge is 0.338 e. The highest BCUT2D eigenvalue weighted by atomic mass is 19.1. The SMILES string of the molecule is COc1ccc(C(=O)OC[C@](C)(F)C#N)cc1. The van der Waals surface area contributed by atoms with E-state index >= 15 is 0 Å². The minimum atomic E-state index is -2.16. The lowest BCUT2D eigenvalue weighted by molar-refractivity contribution is 0.0326. The summed E-state index contributed by atoms with van der Waals surface area (Å²) in [5.41, 5.74) is -1.89. The molecule has 0 bridgehead atoms. The average molecular weight is 237 g/mol. The zero-order valence-corrected chi connectivity index (χ0v) is 9.57. The molecule has 5 heteroatoms. The zero-order chi connectivity index (χ0) is 12.9. The lowest BCUT2D eigenvalue weighted by Gasteiger charge is -2.11. The largest absolute Gasteiger partial charge is 0.497 e. The fraction of sp³-hybridized carbons (Fsp3) is 0.333. The number of alkyl halides is 1. The first-order chi connectivity index (χ1) is 7.98. The third-order valence-electron chi connectivity index (χ3n) is 2.03. The predicted octanol–water partition coefficient (Wildman–Crippen LogP) is 2.10. The number of benzene rings is 1. The molecule has 1 atom stereocenters. The Morgan fingerprint density at radius 1 is 1.47 bits per heavy atom. The van der Waals surface area contributed by atoms with E-state index in [-0.39, 0.29) is 5.56 Å². The number of nitriles is 1. The number of halogens is 1. The van der Waals surface area contributed by atoms with Crippen LogP contribution in [-0.2, 0) is 4.74 Å². The van der Waals surface area contributed by atoms with Crippen molar-refractivity contribution in [3.63, 3.8) is 0 Å². The van der Waals surface area contributed by atoms with Crippen molar-refractivity contribution in [1.82, 2.24) is 0 Å². The Morgan fingerprint density at radius 3 is 2.53 bits per heavy atom. The van der Waals surface area contributed by atoms with Crippen LogP contribution in [0.25, 0.3) is 0 Å². The van der Waals surface area contributed by atoms with Gasteiger partial charge in [0.15, 0.2) is 0 Å². The Balaban J connectivity index is 2.62. The maximum atomic E-state index is 13.2. The van der Waals surface area contributed by atoms with Crippen LogP contribution in [0.4, 0.5) is 4.39 Å². The molecule has 90 valence electrons. The van der Waals surface area contributed by atoms with Gasteiger partial charge in [0.1, 0.15) is 18.4 Å². The van der Waals surface area contributed by atoms with E-state index in [1.54, 1.807) is 12.1 Å². The molecule has 4 nitrogen and oxygen atoms in total. The number of nitrogens with zero attached hydrogens (tertiary/aromatic N) is 1. The number of carbonyl (C=O) groups is 1. The van der Waals surface area contributed by atoms with Crippen molar-refractivity contribution in [3.05, 3.63) is 29.8 Å². The number of methoxy groups -OCH3 is 1. The summed E-state index contributed by atoms with van der Waals surface area (Å²) in [6, 6.07) is 7.59. The van der Waals surface area contributed by atoms with Gasteiger partial charge in [0.05, 0.1) is 12.7 Å². The van der Waals surface area contributed by atoms with Crippen LogP contribution in [0.5, 0.6) is 5.75 Å². The van der Waals surface area contributed by atoms with Crippen LogP contribution in [0, 0.1) is 11.3 Å². The van der Waals surface area contributed by atoms with E-state index in [0.29, 0.717) is 5.75 Å². The summed E-state index contributed by atoms with van der Waals surface area (Å²) < 4.78 is 22.8. The average Bonchev–Trinajstić information content (AvgIpc) is 2.36. The highest BCUT2D eigenvalue weighted by molar-refractivity contribution is 5.89. The summed E-state index contributed by atoms with van der Waals surface area (Å²) in [5, 5.41) is 8.41. The van der Waals surface area contributed by atoms with Crippen LogP contribution >= 0.6 is 0 Å². The van der Waals surface area contributed by atoms with Gasteiger partial charge in [-0.3, -0.25) is 0 Å². The Labute approximate surface area is 98.6 Å². The van der Waals surface area contributed by atoms with E-state index in [0.717, 1.165) is 6.92 Å². The van der Waals surface area contributed by atoms with Gasteiger partial charge in [-0.25, -0.2) is 9.18 Å². The van der Waals surface area contributed by atoms with Crippen LogP contribution < -0.4 is 4.74 Å². The Kier molecular flexibility index (Phi) is 4.05. The molecule has 0 heterocycles. The molecule has 0 spiro atoms. The predicted molar refractivity (Wildman–Crippen MR) is 58.4 cm³/mol. The number of ether oxygens (including phenoxy) is 2. The Morgan fingerprint density at radius 2 is 2.06 bits per heavy atom. The summed E-state index contributed by atoms with van der Waals surface area (Å²) in [6.07, 6.45) is 0. The van der Waals surface area contributed by atoms with Crippen molar-refractivity contribution < 1.29 is 18.7 Å². The van der Waals surface area contributed by atoms with E-state index in [4.69, 9.17) is 10.00 Å². The third-order valence-corrected chi connectivity index (χ3v) is 2.03. The molecule has 0 aliphatic heterocycles. The molecule has 0 saturated carbocycles. The van der Waals surface area contributed by atoms with Crippen molar-refractivity contribution in [1.29, 1.82) is 5.26 Å². The van der Waals surface area contributed by atoms with Crippen LogP contribution in [0.15, 0.2) is 24.3 Å². The molecule has 0 amide bonds. The van der Waals surface area contributed by atoms with Gasteiger partial charge in [-0.1, -0.05) is 0 Å². The first-order valence-corrected chi connectivity index (χ1v) is 4.90. The molecule has 0 N–H and O–H groups in total. The lowest BCUT2D eigenvalue weighted by atomic mass is 10.2. The van der Waals surface area contributed by atoms with Crippen molar-refractivity contribution in [2.24, 2.45) is 0 Å². The molecule has 1 rings (SSSR count). The van der Waals surface area contributed by atoms with Crippen molar-refractivity contribution in [3.8, 4) is 11.8 Å². The molecular weight excluding hydrogens is 225 g/mol. The fourth-order valence-corrected chi connectivity index (χ4v) is 1.04. The molecule has 17 heavy (non-hydrogen) atoms. The number of hydrogen-bond donors (Lipinski definition) is 0. The standard InChI is InChI=1S/C12H12FNO3/c1-12(13,7-14)8-17-11(15)9-3-5-10(16-2)6-4-9/h3-6H,8H2,1-2H3/t12-/m1/s1. The number of rotatable bonds is 4. The first-order valence-electron chi connectivity index (χ1n) is 4.90. The zero-order valence-electron chi connectivity index (χ0n) is 9.57. The normalized spacial score (nSPS) is 13.3. The van der Waals surface area contributed by atoms with E-state index < -0.39 is 18.2 Å². The second-order valence-electron chi connectivity index (χ2n) is 3.61. The first kappa shape index (κ1) is 13.0. The van der Waals surface area contributed by atoms with Crippen LogP contribution in [0.3, 0.4) is 0 Å². The summed E-state index contributed by atoms with van der Waals surface area (Å²) >= 11 is 0. The highest BCUT2D eigenvalue weighted by Crippen LogP contribution is 2.14. The van der Waals surface area contributed by atoms with Crippen molar-refractivity contribution in [2.75, 3.05) is 13.7 Å². The van der Waals surface area contributed by atoms with Gasteiger partial charge in [0.2, 0.25) is 5.67 Å². The molecule has 0 saturated heterocycles. The van der Waals surface area contributed by atoms with Crippen molar-refractivity contribution >= 4 is 5.97 Å². The Bertz CT molecular complexity index is 434. The molecule has 0 aliphatic rings. The third kappa shape index (κ3) is 3.76. The molecule has 1 aromatic rings. The summed E-state index contributed by atoms with van der Waals surface area (Å²) in [4.78, 5) is 11.5. The Hall–Kier alpha value is -2.09. The van der Waals surface area contributed by atoms with Gasteiger partial charge in [0, 0.05) is 0 Å². The van der Waals surface area contributed by atoms with Gasteiger partial charge in [0.25, 0.3) is 0 Å².